The molecule has 124 valence electrons. The van der Waals surface area contributed by atoms with E-state index < -0.39 is 5.60 Å². The average Bonchev–Trinajstić information content (AvgIpc) is 2.88. The van der Waals surface area contributed by atoms with Gasteiger partial charge in [0, 0.05) is 18.3 Å². The first-order chi connectivity index (χ1) is 11.0. The summed E-state index contributed by atoms with van der Waals surface area (Å²) in [7, 11) is 0. The third kappa shape index (κ3) is 1.96. The minimum atomic E-state index is -0.899. The Morgan fingerprint density at radius 2 is 2.13 bits per heavy atom. The highest BCUT2D eigenvalue weighted by Crippen LogP contribution is 2.65. The van der Waals surface area contributed by atoms with E-state index in [0.717, 1.165) is 44.9 Å². The Kier molecular flexibility index (Phi) is 3.50. The summed E-state index contributed by atoms with van der Waals surface area (Å²) in [6.45, 7) is 2.21. The largest absolute Gasteiger partial charge is 0.377 e. The molecule has 0 radical (unpaired) electrons. The van der Waals surface area contributed by atoms with E-state index in [4.69, 9.17) is 6.42 Å². The van der Waals surface area contributed by atoms with Gasteiger partial charge in [0.2, 0.25) is 0 Å². The maximum atomic E-state index is 11.8. The molecule has 0 aliphatic heterocycles. The Morgan fingerprint density at radius 3 is 2.87 bits per heavy atom. The highest BCUT2D eigenvalue weighted by molar-refractivity contribution is 5.82. The van der Waals surface area contributed by atoms with E-state index >= 15 is 0 Å². The van der Waals surface area contributed by atoms with Crippen molar-refractivity contribution in [3.05, 3.63) is 11.6 Å². The zero-order chi connectivity index (χ0) is 16.2. The van der Waals surface area contributed by atoms with Crippen LogP contribution in [-0.2, 0) is 4.79 Å². The highest BCUT2D eigenvalue weighted by atomic mass is 16.3. The Bertz CT molecular complexity index is 597. The summed E-state index contributed by atoms with van der Waals surface area (Å²) in [5.41, 5.74) is 0.458. The van der Waals surface area contributed by atoms with Crippen molar-refractivity contribution in [1.29, 1.82) is 0 Å². The smallest absolute Gasteiger partial charge is 0.136 e. The summed E-state index contributed by atoms with van der Waals surface area (Å²) in [5, 5.41) is 11.1. The first-order valence-corrected chi connectivity index (χ1v) is 9.45. The monoisotopic (exact) mass is 312 g/mol. The van der Waals surface area contributed by atoms with Crippen molar-refractivity contribution in [2.24, 2.45) is 29.1 Å². The van der Waals surface area contributed by atoms with Crippen molar-refractivity contribution in [1.82, 2.24) is 0 Å². The van der Waals surface area contributed by atoms with Gasteiger partial charge in [0.05, 0.1) is 0 Å². The normalized spacial score (nSPS) is 48.7. The van der Waals surface area contributed by atoms with E-state index in [-0.39, 0.29) is 5.41 Å². The molecule has 3 fully saturated rings. The number of rotatable bonds is 1. The number of Topliss-reactive ketones (excluding diaryl/α,β-unsaturated/α-hetero) is 1. The maximum Gasteiger partial charge on any atom is 0.136 e. The van der Waals surface area contributed by atoms with Crippen LogP contribution in [0.2, 0.25) is 0 Å². The molecular formula is C21H28O2. The maximum absolute atomic E-state index is 11.8. The van der Waals surface area contributed by atoms with Crippen molar-refractivity contribution < 1.29 is 9.90 Å². The second kappa shape index (κ2) is 5.21. The fraction of sp³-hybridized carbons (Fsp3) is 0.762. The van der Waals surface area contributed by atoms with Crippen LogP contribution in [0, 0.1) is 41.4 Å². The Morgan fingerprint density at radius 1 is 1.30 bits per heavy atom. The van der Waals surface area contributed by atoms with Gasteiger partial charge in [-0.2, -0.15) is 0 Å². The Labute approximate surface area is 139 Å². The molecule has 0 aromatic heterocycles. The van der Waals surface area contributed by atoms with Crippen LogP contribution in [0.15, 0.2) is 11.6 Å². The van der Waals surface area contributed by atoms with Gasteiger partial charge in [-0.15, -0.1) is 6.42 Å². The van der Waals surface area contributed by atoms with Crippen molar-refractivity contribution >= 4 is 5.78 Å². The number of carbonyl (C=O) groups excluding carboxylic acids is 1. The van der Waals surface area contributed by atoms with E-state index in [2.05, 4.69) is 18.9 Å². The first kappa shape index (κ1) is 15.5. The van der Waals surface area contributed by atoms with Crippen molar-refractivity contribution in [3.63, 3.8) is 0 Å². The molecule has 4 aliphatic rings. The predicted molar refractivity (Wildman–Crippen MR) is 90.5 cm³/mol. The molecule has 0 heterocycles. The van der Waals surface area contributed by atoms with Crippen molar-refractivity contribution in [3.8, 4) is 12.3 Å². The molecule has 6 atom stereocenters. The summed E-state index contributed by atoms with van der Waals surface area (Å²) in [6, 6.07) is 0. The Hall–Kier alpha value is -1.07. The zero-order valence-electron chi connectivity index (χ0n) is 14.2. The van der Waals surface area contributed by atoms with Crippen LogP contribution in [0.1, 0.15) is 64.7 Å². The number of carbonyl (C=O) groups is 1. The van der Waals surface area contributed by atoms with Crippen LogP contribution in [0.4, 0.5) is 0 Å². The second-order valence-corrected chi connectivity index (χ2v) is 8.40. The van der Waals surface area contributed by atoms with E-state index in [0.29, 0.717) is 35.9 Å². The lowest BCUT2D eigenvalue weighted by Crippen LogP contribution is -2.53. The van der Waals surface area contributed by atoms with E-state index in [9.17, 15) is 9.90 Å². The van der Waals surface area contributed by atoms with Crippen LogP contribution >= 0.6 is 0 Å². The van der Waals surface area contributed by atoms with Crippen LogP contribution in [0.25, 0.3) is 0 Å². The number of ketones is 1. The van der Waals surface area contributed by atoms with Crippen LogP contribution < -0.4 is 0 Å². The predicted octanol–water partition coefficient (Wildman–Crippen LogP) is 3.88. The standard InChI is InChI=1S/C21H28O2/c1-3-20-11-9-17-16-8-6-15(22)13-14(16)5-7-18(17)19(20)10-12-21(20,23)4-2/h2,5,16-19,23H,3,6-13H2,1H3/t16-,17-,18+,19+,20-,21-/m0/s1. The number of aliphatic hydroxyl groups is 1. The molecule has 0 amide bonds. The summed E-state index contributed by atoms with van der Waals surface area (Å²) >= 11 is 0. The van der Waals surface area contributed by atoms with Crippen LogP contribution in [0.3, 0.4) is 0 Å². The molecule has 0 spiro atoms. The summed E-state index contributed by atoms with van der Waals surface area (Å²) in [5.74, 6) is 5.77. The lowest BCUT2D eigenvalue weighted by Gasteiger charge is -2.55. The van der Waals surface area contributed by atoms with Crippen LogP contribution in [-0.4, -0.2) is 16.5 Å². The van der Waals surface area contributed by atoms with E-state index in [1.54, 1.807) is 0 Å². The topological polar surface area (TPSA) is 37.3 Å². The van der Waals surface area contributed by atoms with Gasteiger partial charge in [-0.05, 0) is 68.6 Å². The molecule has 0 aromatic rings. The Balaban J connectivity index is 1.68. The van der Waals surface area contributed by atoms with Gasteiger partial charge in [0.15, 0.2) is 0 Å². The van der Waals surface area contributed by atoms with Gasteiger partial charge < -0.3 is 5.11 Å². The molecule has 4 rings (SSSR count). The molecule has 1 N–H and O–H groups in total. The van der Waals surface area contributed by atoms with E-state index in [1.807, 2.05) is 0 Å². The summed E-state index contributed by atoms with van der Waals surface area (Å²) in [4.78, 5) is 11.8. The fourth-order valence-electron chi connectivity index (χ4n) is 6.88. The number of terminal acetylenes is 1. The minimum absolute atomic E-state index is 0.0707. The van der Waals surface area contributed by atoms with Crippen molar-refractivity contribution in [2.45, 2.75) is 70.3 Å². The highest BCUT2D eigenvalue weighted by Gasteiger charge is 2.63. The number of hydrogen-bond acceptors (Lipinski definition) is 2. The second-order valence-electron chi connectivity index (χ2n) is 8.40. The first-order valence-electron chi connectivity index (χ1n) is 9.45. The van der Waals surface area contributed by atoms with Gasteiger partial charge in [-0.3, -0.25) is 4.79 Å². The molecule has 2 heteroatoms. The number of fused-ring (bicyclic) bond motifs is 5. The minimum Gasteiger partial charge on any atom is -0.377 e. The molecule has 2 nitrogen and oxygen atoms in total. The van der Waals surface area contributed by atoms with Gasteiger partial charge in [0.25, 0.3) is 0 Å². The quantitative estimate of drug-likeness (QED) is 0.589. The zero-order valence-corrected chi connectivity index (χ0v) is 14.2. The van der Waals surface area contributed by atoms with Crippen molar-refractivity contribution in [2.75, 3.05) is 0 Å². The number of allylic oxidation sites excluding steroid dienone is 2. The molecule has 0 unspecified atom stereocenters. The van der Waals surface area contributed by atoms with Gasteiger partial charge in [-0.25, -0.2) is 0 Å². The van der Waals surface area contributed by atoms with Gasteiger partial charge in [0.1, 0.15) is 11.4 Å². The lowest BCUT2D eigenvalue weighted by molar-refractivity contribution is -0.121. The molecule has 0 bridgehead atoms. The summed E-state index contributed by atoms with van der Waals surface area (Å²) in [6.07, 6.45) is 16.8. The third-order valence-electron chi connectivity index (χ3n) is 7.99. The van der Waals surface area contributed by atoms with Gasteiger partial charge >= 0.3 is 0 Å². The molecule has 4 aliphatic carbocycles. The molecular weight excluding hydrogens is 284 g/mol. The average molecular weight is 312 g/mol. The SMILES string of the molecule is C#C[C@]1(O)CC[C@@H]2[C@@H]3CC=C4CC(=O)CC[C@@H]4[C@@H]3CC[C@@]21CC. The molecule has 3 saturated carbocycles. The van der Waals surface area contributed by atoms with Gasteiger partial charge in [-0.1, -0.05) is 24.5 Å². The van der Waals surface area contributed by atoms with Crippen LogP contribution in [0.5, 0.6) is 0 Å². The molecule has 0 saturated heterocycles. The molecule has 23 heavy (non-hydrogen) atoms. The fourth-order valence-corrected chi connectivity index (χ4v) is 6.88. The lowest BCUT2D eigenvalue weighted by atomic mass is 9.50. The number of hydrogen-bond donors (Lipinski definition) is 1. The third-order valence-corrected chi connectivity index (χ3v) is 7.99. The summed E-state index contributed by atoms with van der Waals surface area (Å²) < 4.78 is 0. The molecule has 0 aromatic carbocycles. The van der Waals surface area contributed by atoms with E-state index in [1.165, 1.54) is 12.0 Å².